The number of rotatable bonds is 6. The van der Waals surface area contributed by atoms with Crippen LogP contribution in [0, 0.1) is 0 Å². The number of imidazole rings is 1. The second-order valence-corrected chi connectivity index (χ2v) is 5.20. The average Bonchev–Trinajstić information content (AvgIpc) is 2.83. The van der Waals surface area contributed by atoms with Crippen LogP contribution in [-0.2, 0) is 6.54 Å². The van der Waals surface area contributed by atoms with E-state index in [1.54, 1.807) is 6.20 Å². The summed E-state index contributed by atoms with van der Waals surface area (Å²) in [6.07, 6.45) is 6.97. The van der Waals surface area contributed by atoms with Crippen LogP contribution in [0.1, 0.15) is 19.3 Å². The Balaban J connectivity index is 2.19. The molecule has 0 amide bonds. The molecule has 0 aliphatic heterocycles. The van der Waals surface area contributed by atoms with Crippen molar-refractivity contribution in [2.24, 2.45) is 5.73 Å². The molecule has 1 heterocycles. The van der Waals surface area contributed by atoms with Gasteiger partial charge in [-0.25, -0.2) is 4.98 Å². The van der Waals surface area contributed by atoms with Gasteiger partial charge in [0, 0.05) is 18.9 Å². The minimum Gasteiger partial charge on any atom is -0.331 e. The molecule has 102 valence electrons. The van der Waals surface area contributed by atoms with Gasteiger partial charge in [0.05, 0.1) is 15.6 Å². The fourth-order valence-electron chi connectivity index (χ4n) is 2.03. The maximum Gasteiger partial charge on any atom is 0.142 e. The number of aryl methyl sites for hydroxylation is 1. The minimum atomic E-state index is 0.627. The van der Waals surface area contributed by atoms with Gasteiger partial charge in [0.25, 0.3) is 0 Å². The molecule has 2 aromatic rings. The van der Waals surface area contributed by atoms with E-state index in [0.717, 1.165) is 43.7 Å². The van der Waals surface area contributed by atoms with E-state index in [-0.39, 0.29) is 0 Å². The first kappa shape index (κ1) is 14.4. The quantitative estimate of drug-likeness (QED) is 0.820. The minimum absolute atomic E-state index is 0.627. The molecule has 0 saturated heterocycles. The van der Waals surface area contributed by atoms with Gasteiger partial charge in [-0.1, -0.05) is 35.7 Å². The number of hydrogen-bond acceptors (Lipinski definition) is 2. The second kappa shape index (κ2) is 6.94. The molecule has 0 aliphatic rings. The van der Waals surface area contributed by atoms with Crippen LogP contribution in [0.2, 0.25) is 10.0 Å². The van der Waals surface area contributed by atoms with Crippen LogP contribution in [0.5, 0.6) is 0 Å². The van der Waals surface area contributed by atoms with Gasteiger partial charge in [0.2, 0.25) is 0 Å². The summed E-state index contributed by atoms with van der Waals surface area (Å²) in [6.45, 7) is 1.64. The first-order chi connectivity index (χ1) is 9.24. The molecule has 2 rings (SSSR count). The monoisotopic (exact) mass is 297 g/mol. The Hall–Kier alpha value is -1.03. The van der Waals surface area contributed by atoms with Crippen molar-refractivity contribution in [3.63, 3.8) is 0 Å². The lowest BCUT2D eigenvalue weighted by atomic mass is 10.2. The van der Waals surface area contributed by atoms with Gasteiger partial charge < -0.3 is 10.3 Å². The highest BCUT2D eigenvalue weighted by Crippen LogP contribution is 2.33. The predicted molar refractivity (Wildman–Crippen MR) is 80.6 cm³/mol. The van der Waals surface area contributed by atoms with Crippen LogP contribution in [-0.4, -0.2) is 16.1 Å². The summed E-state index contributed by atoms with van der Waals surface area (Å²) in [5.74, 6) is 0.823. The van der Waals surface area contributed by atoms with Crippen LogP contribution in [0.25, 0.3) is 11.4 Å². The Bertz CT molecular complexity index is 517. The fraction of sp³-hybridized carbons (Fsp3) is 0.357. The average molecular weight is 298 g/mol. The third-order valence-corrected chi connectivity index (χ3v) is 3.63. The molecule has 0 radical (unpaired) electrons. The van der Waals surface area contributed by atoms with Crippen LogP contribution in [0.15, 0.2) is 30.6 Å². The number of nitrogens with zero attached hydrogens (tertiary/aromatic N) is 2. The number of nitrogens with two attached hydrogens (primary N) is 1. The summed E-state index contributed by atoms with van der Waals surface area (Å²) in [5.41, 5.74) is 6.30. The largest absolute Gasteiger partial charge is 0.331 e. The van der Waals surface area contributed by atoms with Crippen molar-refractivity contribution in [1.29, 1.82) is 0 Å². The third kappa shape index (κ3) is 3.50. The van der Waals surface area contributed by atoms with Crippen molar-refractivity contribution in [2.75, 3.05) is 6.54 Å². The smallest absolute Gasteiger partial charge is 0.142 e. The number of aromatic nitrogens is 2. The summed E-state index contributed by atoms with van der Waals surface area (Å²) in [6, 6.07) is 5.50. The van der Waals surface area contributed by atoms with Crippen LogP contribution < -0.4 is 5.73 Å². The highest BCUT2D eigenvalue weighted by molar-refractivity contribution is 6.38. The van der Waals surface area contributed by atoms with Crippen molar-refractivity contribution in [3.05, 3.63) is 40.6 Å². The molecule has 3 nitrogen and oxygen atoms in total. The number of unbranched alkanes of at least 4 members (excludes halogenated alkanes) is 2. The van der Waals surface area contributed by atoms with Crippen molar-refractivity contribution in [2.45, 2.75) is 25.8 Å². The van der Waals surface area contributed by atoms with Gasteiger partial charge in [-0.2, -0.15) is 0 Å². The van der Waals surface area contributed by atoms with Gasteiger partial charge in [-0.3, -0.25) is 0 Å². The molecule has 1 aromatic heterocycles. The molecule has 1 aromatic carbocycles. The fourth-order valence-corrected chi connectivity index (χ4v) is 2.60. The molecule has 0 unspecified atom stereocenters. The molecule has 0 fully saturated rings. The molecule has 5 heteroatoms. The summed E-state index contributed by atoms with van der Waals surface area (Å²) in [5, 5.41) is 1.25. The van der Waals surface area contributed by atoms with E-state index in [1.807, 2.05) is 24.4 Å². The molecule has 0 bridgehead atoms. The van der Waals surface area contributed by atoms with Crippen molar-refractivity contribution in [1.82, 2.24) is 9.55 Å². The predicted octanol–water partition coefficient (Wildman–Crippen LogP) is 3.99. The van der Waals surface area contributed by atoms with Crippen LogP contribution >= 0.6 is 23.2 Å². The molecular formula is C14H17Cl2N3. The normalized spacial score (nSPS) is 10.9. The first-order valence-corrected chi connectivity index (χ1v) is 7.15. The molecule has 0 atom stereocenters. The van der Waals surface area contributed by atoms with E-state index >= 15 is 0 Å². The standard InChI is InChI=1S/C14H17Cl2N3/c15-11-5-4-6-12(16)13(11)14-18-8-10-19(14)9-3-1-2-7-17/h4-6,8,10H,1-3,7,9,17H2. The lowest BCUT2D eigenvalue weighted by molar-refractivity contribution is 0.595. The third-order valence-electron chi connectivity index (χ3n) is 3.00. The summed E-state index contributed by atoms with van der Waals surface area (Å²) in [4.78, 5) is 4.38. The van der Waals surface area contributed by atoms with Crippen LogP contribution in [0.3, 0.4) is 0 Å². The topological polar surface area (TPSA) is 43.8 Å². The second-order valence-electron chi connectivity index (χ2n) is 4.39. The molecule has 0 aliphatic carbocycles. The number of benzene rings is 1. The zero-order valence-corrected chi connectivity index (χ0v) is 12.2. The molecule has 0 saturated carbocycles. The first-order valence-electron chi connectivity index (χ1n) is 6.39. The zero-order chi connectivity index (χ0) is 13.7. The Morgan fingerprint density at radius 3 is 2.53 bits per heavy atom. The summed E-state index contributed by atoms with van der Waals surface area (Å²) >= 11 is 12.4. The lowest BCUT2D eigenvalue weighted by Gasteiger charge is -2.10. The van der Waals surface area contributed by atoms with E-state index in [9.17, 15) is 0 Å². The molecule has 2 N–H and O–H groups in total. The Morgan fingerprint density at radius 2 is 1.84 bits per heavy atom. The van der Waals surface area contributed by atoms with E-state index in [4.69, 9.17) is 28.9 Å². The molecule has 0 spiro atoms. The van der Waals surface area contributed by atoms with E-state index in [0.29, 0.717) is 10.0 Å². The van der Waals surface area contributed by atoms with Crippen molar-refractivity contribution >= 4 is 23.2 Å². The molecule has 19 heavy (non-hydrogen) atoms. The van der Waals surface area contributed by atoms with Crippen LogP contribution in [0.4, 0.5) is 0 Å². The molecular weight excluding hydrogens is 281 g/mol. The maximum absolute atomic E-state index is 6.22. The van der Waals surface area contributed by atoms with Gasteiger partial charge in [0.1, 0.15) is 5.82 Å². The SMILES string of the molecule is NCCCCCn1ccnc1-c1c(Cl)cccc1Cl. The highest BCUT2D eigenvalue weighted by atomic mass is 35.5. The van der Waals surface area contributed by atoms with Gasteiger partial charge >= 0.3 is 0 Å². The van der Waals surface area contributed by atoms with E-state index < -0.39 is 0 Å². The van der Waals surface area contributed by atoms with E-state index in [2.05, 4.69) is 9.55 Å². The van der Waals surface area contributed by atoms with Crippen molar-refractivity contribution in [3.8, 4) is 11.4 Å². The van der Waals surface area contributed by atoms with Gasteiger partial charge in [-0.15, -0.1) is 0 Å². The van der Waals surface area contributed by atoms with Gasteiger partial charge in [-0.05, 0) is 31.5 Å². The maximum atomic E-state index is 6.22. The summed E-state index contributed by atoms with van der Waals surface area (Å²) in [7, 11) is 0. The van der Waals surface area contributed by atoms with E-state index in [1.165, 1.54) is 0 Å². The lowest BCUT2D eigenvalue weighted by Crippen LogP contribution is -2.02. The Kier molecular flexibility index (Phi) is 5.25. The Morgan fingerprint density at radius 1 is 1.11 bits per heavy atom. The Labute approximate surface area is 123 Å². The zero-order valence-electron chi connectivity index (χ0n) is 10.6. The summed E-state index contributed by atoms with van der Waals surface area (Å²) < 4.78 is 2.09. The number of halogens is 2. The highest BCUT2D eigenvalue weighted by Gasteiger charge is 2.13. The van der Waals surface area contributed by atoms with Gasteiger partial charge in [0.15, 0.2) is 0 Å². The number of hydrogen-bond donors (Lipinski definition) is 1. The van der Waals surface area contributed by atoms with Crippen molar-refractivity contribution < 1.29 is 0 Å².